The molecule has 0 amide bonds. The van der Waals surface area contributed by atoms with E-state index in [-0.39, 0.29) is 0 Å². The molecule has 0 aromatic heterocycles. The van der Waals surface area contributed by atoms with Gasteiger partial charge in [0.05, 0.1) is 0 Å². The van der Waals surface area contributed by atoms with Crippen LogP contribution in [0.3, 0.4) is 0 Å². The van der Waals surface area contributed by atoms with Gasteiger partial charge in [-0.2, -0.15) is 0 Å². The Bertz CT molecular complexity index is 590. The summed E-state index contributed by atoms with van der Waals surface area (Å²) in [6, 6.07) is 14.4. The van der Waals surface area contributed by atoms with Crippen LogP contribution < -0.4 is 11.1 Å². The van der Waals surface area contributed by atoms with Crippen molar-refractivity contribution >= 4 is 23.0 Å². The summed E-state index contributed by atoms with van der Waals surface area (Å²) in [5.41, 5.74) is 11.5. The molecule has 2 aromatic rings. The summed E-state index contributed by atoms with van der Waals surface area (Å²) < 4.78 is 0. The fraction of sp³-hybridized carbons (Fsp3) is 0. The number of anilines is 1. The second-order valence-corrected chi connectivity index (χ2v) is 4.20. The summed E-state index contributed by atoms with van der Waals surface area (Å²) in [6.07, 6.45) is 0. The molecule has 0 spiro atoms. The van der Waals surface area contributed by atoms with E-state index in [4.69, 9.17) is 18.0 Å². The molecule has 0 aliphatic heterocycles. The second kappa shape index (κ2) is 3.32. The van der Waals surface area contributed by atoms with Crippen LogP contribution in [0.5, 0.6) is 0 Å². The third kappa shape index (κ3) is 1.22. The molecule has 1 aliphatic rings. The molecule has 0 bridgehead atoms. The van der Waals surface area contributed by atoms with E-state index in [1.54, 1.807) is 0 Å². The van der Waals surface area contributed by atoms with Crippen molar-refractivity contribution in [3.05, 3.63) is 42.5 Å². The number of rotatable bonds is 1. The molecule has 0 saturated carbocycles. The molecule has 0 fully saturated rings. The van der Waals surface area contributed by atoms with Gasteiger partial charge in [-0.1, -0.05) is 36.4 Å². The van der Waals surface area contributed by atoms with Crippen LogP contribution in [0, 0.1) is 0 Å². The summed E-state index contributed by atoms with van der Waals surface area (Å²) in [5, 5.41) is 3.32. The van der Waals surface area contributed by atoms with Crippen molar-refractivity contribution in [2.75, 3.05) is 5.32 Å². The van der Waals surface area contributed by atoms with E-state index < -0.39 is 0 Å². The van der Waals surface area contributed by atoms with E-state index in [9.17, 15) is 0 Å². The van der Waals surface area contributed by atoms with Crippen LogP contribution in [0.15, 0.2) is 42.5 Å². The first-order valence-corrected chi connectivity index (χ1v) is 5.47. The molecule has 78 valence electrons. The lowest BCUT2D eigenvalue weighted by atomic mass is 9.80. The third-order valence-electron chi connectivity index (χ3n) is 2.81. The number of hydrogen-bond acceptors (Lipinski definition) is 1. The standard InChI is InChI=1S/C13H10N2S/c14-13(16)15-11-7-3-6-10-8-4-1-2-5-9(8)12(10)11/h1-7H,(H3,14,15,16). The average molecular weight is 226 g/mol. The summed E-state index contributed by atoms with van der Waals surface area (Å²) in [7, 11) is 0. The van der Waals surface area contributed by atoms with Gasteiger partial charge in [0, 0.05) is 11.3 Å². The first kappa shape index (κ1) is 9.36. The molecule has 2 aromatic carbocycles. The predicted octanol–water partition coefficient (Wildman–Crippen LogP) is 2.99. The van der Waals surface area contributed by atoms with E-state index in [0.717, 1.165) is 5.69 Å². The van der Waals surface area contributed by atoms with Gasteiger partial charge in [-0.25, -0.2) is 0 Å². The quantitative estimate of drug-likeness (QED) is 0.626. The number of hydrogen-bond donors (Lipinski definition) is 2. The molecule has 16 heavy (non-hydrogen) atoms. The molecular weight excluding hydrogens is 216 g/mol. The summed E-state index contributed by atoms with van der Waals surface area (Å²) in [4.78, 5) is 0. The Hall–Kier alpha value is -1.87. The minimum absolute atomic E-state index is 0.304. The number of fused-ring (bicyclic) bond motifs is 4. The minimum atomic E-state index is 0.304. The lowest BCUT2D eigenvalue weighted by Gasteiger charge is -2.26. The van der Waals surface area contributed by atoms with Crippen LogP contribution >= 0.6 is 12.2 Å². The van der Waals surface area contributed by atoms with Gasteiger partial charge in [0.1, 0.15) is 0 Å². The van der Waals surface area contributed by atoms with Crippen molar-refractivity contribution in [2.45, 2.75) is 0 Å². The molecule has 0 saturated heterocycles. The molecule has 0 radical (unpaired) electrons. The van der Waals surface area contributed by atoms with Gasteiger partial charge in [-0.3, -0.25) is 0 Å². The van der Waals surface area contributed by atoms with Crippen LogP contribution in [-0.2, 0) is 0 Å². The molecule has 0 atom stereocenters. The fourth-order valence-electron chi connectivity index (χ4n) is 2.18. The van der Waals surface area contributed by atoms with Gasteiger partial charge >= 0.3 is 0 Å². The Morgan fingerprint density at radius 3 is 2.38 bits per heavy atom. The smallest absolute Gasteiger partial charge is 0.168 e. The van der Waals surface area contributed by atoms with Crippen molar-refractivity contribution in [2.24, 2.45) is 5.73 Å². The van der Waals surface area contributed by atoms with Crippen molar-refractivity contribution in [1.29, 1.82) is 0 Å². The number of benzene rings is 2. The molecule has 2 nitrogen and oxygen atoms in total. The van der Waals surface area contributed by atoms with Crippen molar-refractivity contribution in [1.82, 2.24) is 0 Å². The van der Waals surface area contributed by atoms with E-state index in [2.05, 4.69) is 29.6 Å². The molecule has 0 heterocycles. The van der Waals surface area contributed by atoms with Crippen molar-refractivity contribution in [3.8, 4) is 22.3 Å². The van der Waals surface area contributed by atoms with E-state index in [1.807, 2.05) is 18.2 Å². The van der Waals surface area contributed by atoms with Gasteiger partial charge in [0.15, 0.2) is 5.11 Å². The highest BCUT2D eigenvalue weighted by Gasteiger charge is 2.24. The minimum Gasteiger partial charge on any atom is -0.376 e. The zero-order chi connectivity index (χ0) is 11.1. The lowest BCUT2D eigenvalue weighted by Crippen LogP contribution is -2.20. The average Bonchev–Trinajstić information content (AvgIpc) is 2.24. The molecule has 3 rings (SSSR count). The van der Waals surface area contributed by atoms with Crippen molar-refractivity contribution in [3.63, 3.8) is 0 Å². The van der Waals surface area contributed by atoms with Crippen molar-refractivity contribution < 1.29 is 0 Å². The molecule has 0 unspecified atom stereocenters. The molecule has 1 aliphatic carbocycles. The maximum Gasteiger partial charge on any atom is 0.168 e. The summed E-state index contributed by atoms with van der Waals surface area (Å²) in [6.45, 7) is 0. The lowest BCUT2D eigenvalue weighted by molar-refractivity contribution is 1.50. The summed E-state index contributed by atoms with van der Waals surface area (Å²) >= 11 is 4.87. The maximum atomic E-state index is 5.51. The third-order valence-corrected chi connectivity index (χ3v) is 2.91. The van der Waals surface area contributed by atoms with Crippen LogP contribution in [0.4, 0.5) is 5.69 Å². The van der Waals surface area contributed by atoms with Crippen LogP contribution in [-0.4, -0.2) is 5.11 Å². The number of nitrogens with two attached hydrogens (primary N) is 1. The van der Waals surface area contributed by atoms with Gasteiger partial charge in [0.2, 0.25) is 0 Å². The van der Waals surface area contributed by atoms with E-state index in [1.165, 1.54) is 22.3 Å². The van der Waals surface area contributed by atoms with Crippen LogP contribution in [0.2, 0.25) is 0 Å². The maximum absolute atomic E-state index is 5.51. The first-order chi connectivity index (χ1) is 7.77. The molecule has 3 heteroatoms. The SMILES string of the molecule is NC(=S)Nc1cccc2c1-c1ccccc1-2. The highest BCUT2D eigenvalue weighted by Crippen LogP contribution is 2.50. The van der Waals surface area contributed by atoms with Gasteiger partial charge < -0.3 is 11.1 Å². The number of nitrogens with one attached hydrogen (secondary N) is 1. The molecular formula is C13H10N2S. The second-order valence-electron chi connectivity index (χ2n) is 3.76. The Morgan fingerprint density at radius 1 is 0.938 bits per heavy atom. The molecule has 3 N–H and O–H groups in total. The van der Waals surface area contributed by atoms with Crippen LogP contribution in [0.1, 0.15) is 0 Å². The predicted molar refractivity (Wildman–Crippen MR) is 71.3 cm³/mol. The topological polar surface area (TPSA) is 38.0 Å². The van der Waals surface area contributed by atoms with Gasteiger partial charge in [-0.15, -0.1) is 0 Å². The van der Waals surface area contributed by atoms with Gasteiger partial charge in [-0.05, 0) is 35.0 Å². The highest BCUT2D eigenvalue weighted by atomic mass is 32.1. The Balaban J connectivity index is 2.14. The van der Waals surface area contributed by atoms with E-state index >= 15 is 0 Å². The highest BCUT2D eigenvalue weighted by molar-refractivity contribution is 7.80. The van der Waals surface area contributed by atoms with Gasteiger partial charge in [0.25, 0.3) is 0 Å². The van der Waals surface area contributed by atoms with Crippen LogP contribution in [0.25, 0.3) is 22.3 Å². The zero-order valence-electron chi connectivity index (χ0n) is 8.53. The fourth-order valence-corrected chi connectivity index (χ4v) is 2.29. The Kier molecular flexibility index (Phi) is 1.94. The monoisotopic (exact) mass is 226 g/mol. The number of thiocarbonyl (C=S) groups is 1. The largest absolute Gasteiger partial charge is 0.376 e. The first-order valence-electron chi connectivity index (χ1n) is 5.06. The zero-order valence-corrected chi connectivity index (χ0v) is 9.34. The summed E-state index contributed by atoms with van der Waals surface area (Å²) in [5.74, 6) is 0. The Morgan fingerprint density at radius 2 is 1.62 bits per heavy atom. The normalized spacial score (nSPS) is 11.0. The van der Waals surface area contributed by atoms with E-state index in [0.29, 0.717) is 5.11 Å². The Labute approximate surface area is 99.1 Å².